The predicted molar refractivity (Wildman–Crippen MR) is 69.5 cm³/mol. The Labute approximate surface area is 113 Å². The maximum atomic E-state index is 13.3. The van der Waals surface area contributed by atoms with Gasteiger partial charge >= 0.3 is 0 Å². The average molecular weight is 274 g/mol. The molecular weight excluding hydrogens is 263 g/mol. The number of ether oxygens (including phenoxy) is 1. The van der Waals surface area contributed by atoms with Crippen molar-refractivity contribution in [2.24, 2.45) is 0 Å². The van der Waals surface area contributed by atoms with Gasteiger partial charge in [0.1, 0.15) is 29.0 Å². The molecule has 0 spiro atoms. The van der Waals surface area contributed by atoms with E-state index in [0.29, 0.717) is 29.1 Å². The van der Waals surface area contributed by atoms with E-state index in [-0.39, 0.29) is 5.88 Å². The number of fused-ring (bicyclic) bond motifs is 1. The summed E-state index contributed by atoms with van der Waals surface area (Å²) < 4.78 is 20.2. The highest BCUT2D eigenvalue weighted by atomic mass is 19.1. The summed E-state index contributed by atoms with van der Waals surface area (Å²) in [6.07, 6.45) is 2.68. The minimum Gasteiger partial charge on any atom is -0.493 e. The Hall–Kier alpha value is -2.70. The second-order valence-corrected chi connectivity index (χ2v) is 4.04. The fourth-order valence-electron chi connectivity index (χ4n) is 1.94. The summed E-state index contributed by atoms with van der Waals surface area (Å²) in [7, 11) is 0. The number of benzene rings is 1. The summed E-state index contributed by atoms with van der Waals surface area (Å²) in [5.74, 6) is -0.192. The van der Waals surface area contributed by atoms with Crippen LogP contribution in [0.3, 0.4) is 0 Å². The lowest BCUT2D eigenvalue weighted by Gasteiger charge is -2.10. The van der Waals surface area contributed by atoms with Gasteiger partial charge in [-0.05, 0) is 19.1 Å². The van der Waals surface area contributed by atoms with Crippen molar-refractivity contribution in [3.63, 3.8) is 0 Å². The minimum absolute atomic E-state index is 0.152. The molecule has 2 aromatic heterocycles. The predicted octanol–water partition coefficient (Wildman–Crippen LogP) is 2.06. The van der Waals surface area contributed by atoms with E-state index in [1.807, 2.05) is 6.92 Å². The van der Waals surface area contributed by atoms with Gasteiger partial charge in [0, 0.05) is 6.07 Å². The second kappa shape index (κ2) is 4.76. The van der Waals surface area contributed by atoms with Crippen LogP contribution in [0.25, 0.3) is 16.7 Å². The summed E-state index contributed by atoms with van der Waals surface area (Å²) in [6, 6.07) is 4.14. The fraction of sp³-hybridized carbons (Fsp3) is 0.154. The third kappa shape index (κ3) is 1.93. The number of hydrogen-bond donors (Lipinski definition) is 1. The number of hydrogen-bond acceptors (Lipinski definition) is 5. The van der Waals surface area contributed by atoms with Crippen molar-refractivity contribution in [1.82, 2.24) is 19.7 Å². The molecule has 3 rings (SSSR count). The van der Waals surface area contributed by atoms with Gasteiger partial charge in [-0.15, -0.1) is 0 Å². The lowest BCUT2D eigenvalue weighted by atomic mass is 10.3. The van der Waals surface area contributed by atoms with Crippen LogP contribution >= 0.6 is 0 Å². The molecule has 0 radical (unpaired) electrons. The van der Waals surface area contributed by atoms with Gasteiger partial charge < -0.3 is 9.84 Å². The van der Waals surface area contributed by atoms with Crippen molar-refractivity contribution < 1.29 is 14.2 Å². The average Bonchev–Trinajstić information content (AvgIpc) is 2.85. The van der Waals surface area contributed by atoms with E-state index < -0.39 is 5.82 Å². The van der Waals surface area contributed by atoms with Crippen LogP contribution in [-0.4, -0.2) is 31.5 Å². The van der Waals surface area contributed by atoms with Crippen LogP contribution < -0.4 is 4.74 Å². The van der Waals surface area contributed by atoms with E-state index in [2.05, 4.69) is 15.1 Å². The lowest BCUT2D eigenvalue weighted by Crippen LogP contribution is -2.03. The first kappa shape index (κ1) is 12.3. The topological polar surface area (TPSA) is 73.1 Å². The largest absolute Gasteiger partial charge is 0.493 e. The standard InChI is InChI=1S/C13H11FN4O2/c1-2-20-11-5-8(14)3-4-10(11)18-12-9(6-17-18)13(19)16-7-15-12/h3-7H,2H2,1H3,(H,15,16,19). The number of rotatable bonds is 3. The van der Waals surface area contributed by atoms with Gasteiger partial charge in [-0.3, -0.25) is 0 Å². The minimum atomic E-state index is -0.397. The van der Waals surface area contributed by atoms with Crippen molar-refractivity contribution in [3.05, 3.63) is 36.5 Å². The van der Waals surface area contributed by atoms with Gasteiger partial charge in [-0.25, -0.2) is 19.0 Å². The highest BCUT2D eigenvalue weighted by molar-refractivity contribution is 5.81. The first-order valence-corrected chi connectivity index (χ1v) is 6.01. The van der Waals surface area contributed by atoms with Crippen molar-refractivity contribution in [2.45, 2.75) is 6.92 Å². The molecule has 7 heteroatoms. The van der Waals surface area contributed by atoms with E-state index >= 15 is 0 Å². The molecule has 3 aromatic rings. The zero-order valence-electron chi connectivity index (χ0n) is 10.6. The van der Waals surface area contributed by atoms with Gasteiger partial charge in [0.05, 0.1) is 12.8 Å². The van der Waals surface area contributed by atoms with Crippen molar-refractivity contribution in [2.75, 3.05) is 6.61 Å². The van der Waals surface area contributed by atoms with Crippen molar-refractivity contribution >= 4 is 11.0 Å². The molecule has 0 aliphatic carbocycles. The highest BCUT2D eigenvalue weighted by Gasteiger charge is 2.14. The molecule has 1 N–H and O–H groups in total. The second-order valence-electron chi connectivity index (χ2n) is 4.04. The van der Waals surface area contributed by atoms with Gasteiger partial charge in [-0.1, -0.05) is 0 Å². The van der Waals surface area contributed by atoms with Crippen LogP contribution in [-0.2, 0) is 0 Å². The van der Waals surface area contributed by atoms with E-state index in [4.69, 9.17) is 4.74 Å². The molecular formula is C13H11FN4O2. The molecule has 2 heterocycles. The highest BCUT2D eigenvalue weighted by Crippen LogP contribution is 2.28. The molecule has 0 fully saturated rings. The Balaban J connectivity index is 2.23. The van der Waals surface area contributed by atoms with E-state index in [0.717, 1.165) is 0 Å². The Morgan fingerprint density at radius 2 is 2.20 bits per heavy atom. The van der Waals surface area contributed by atoms with Crippen molar-refractivity contribution in [1.29, 1.82) is 0 Å². The number of nitrogens with zero attached hydrogens (tertiary/aromatic N) is 4. The molecule has 6 nitrogen and oxygen atoms in total. The molecule has 0 saturated heterocycles. The SMILES string of the molecule is CCOc1cc(F)ccc1-n1ncc2c(O)ncnc21. The Kier molecular flexibility index (Phi) is 2.94. The first-order chi connectivity index (χ1) is 9.70. The summed E-state index contributed by atoms with van der Waals surface area (Å²) in [5, 5.41) is 14.2. The van der Waals surface area contributed by atoms with E-state index in [1.165, 1.54) is 29.3 Å². The van der Waals surface area contributed by atoms with Gasteiger partial charge in [-0.2, -0.15) is 5.10 Å². The molecule has 1 aromatic carbocycles. The van der Waals surface area contributed by atoms with Crippen molar-refractivity contribution in [3.8, 4) is 17.3 Å². The smallest absolute Gasteiger partial charge is 0.225 e. The molecule has 0 aliphatic rings. The zero-order valence-corrected chi connectivity index (χ0v) is 10.6. The molecule has 20 heavy (non-hydrogen) atoms. The van der Waals surface area contributed by atoms with E-state index in [9.17, 15) is 9.50 Å². The zero-order chi connectivity index (χ0) is 14.1. The molecule has 0 atom stereocenters. The van der Waals surface area contributed by atoms with Crippen LogP contribution in [0.5, 0.6) is 11.6 Å². The third-order valence-corrected chi connectivity index (χ3v) is 2.79. The molecule has 0 aliphatic heterocycles. The third-order valence-electron chi connectivity index (χ3n) is 2.79. The lowest BCUT2D eigenvalue weighted by molar-refractivity contribution is 0.336. The van der Waals surface area contributed by atoms with Crippen LogP contribution in [0.1, 0.15) is 6.92 Å². The quantitative estimate of drug-likeness (QED) is 0.791. The first-order valence-electron chi connectivity index (χ1n) is 6.01. The van der Waals surface area contributed by atoms with Crippen LogP contribution in [0.2, 0.25) is 0 Å². The van der Waals surface area contributed by atoms with Gasteiger partial charge in [0.2, 0.25) is 5.88 Å². The summed E-state index contributed by atoms with van der Waals surface area (Å²) >= 11 is 0. The van der Waals surface area contributed by atoms with E-state index in [1.54, 1.807) is 6.07 Å². The Bertz CT molecular complexity index is 772. The molecule has 0 bridgehead atoms. The van der Waals surface area contributed by atoms with Crippen LogP contribution in [0.4, 0.5) is 4.39 Å². The Morgan fingerprint density at radius 1 is 1.35 bits per heavy atom. The monoisotopic (exact) mass is 274 g/mol. The normalized spacial score (nSPS) is 10.9. The molecule has 0 saturated carbocycles. The molecule has 0 unspecified atom stereocenters. The van der Waals surface area contributed by atoms with Crippen LogP contribution in [0, 0.1) is 5.82 Å². The fourth-order valence-corrected chi connectivity index (χ4v) is 1.94. The summed E-state index contributed by atoms with van der Waals surface area (Å²) in [5.41, 5.74) is 0.964. The number of aromatic nitrogens is 4. The van der Waals surface area contributed by atoms with Gasteiger partial charge in [0.15, 0.2) is 5.65 Å². The van der Waals surface area contributed by atoms with Gasteiger partial charge in [0.25, 0.3) is 0 Å². The summed E-state index contributed by atoms with van der Waals surface area (Å²) in [4.78, 5) is 7.77. The molecule has 0 amide bonds. The summed E-state index contributed by atoms with van der Waals surface area (Å²) in [6.45, 7) is 2.21. The van der Waals surface area contributed by atoms with Crippen LogP contribution in [0.15, 0.2) is 30.7 Å². The maximum absolute atomic E-state index is 13.3. The molecule has 102 valence electrons. The Morgan fingerprint density at radius 3 is 3.00 bits per heavy atom. The maximum Gasteiger partial charge on any atom is 0.225 e. The number of aromatic hydroxyl groups is 1. The number of halogens is 1.